The van der Waals surface area contributed by atoms with Gasteiger partial charge in [-0.1, -0.05) is 0 Å². The minimum atomic E-state index is 0.669. The number of rotatable bonds is 3. The van der Waals surface area contributed by atoms with Crippen molar-refractivity contribution in [2.75, 3.05) is 0 Å². The van der Waals surface area contributed by atoms with Gasteiger partial charge in [-0.2, -0.15) is 0 Å². The van der Waals surface area contributed by atoms with Crippen molar-refractivity contribution in [1.29, 1.82) is 0 Å². The van der Waals surface area contributed by atoms with Crippen molar-refractivity contribution >= 4 is 3.26 Å². The number of hydrogen-bond acceptors (Lipinski definition) is 0. The quantitative estimate of drug-likeness (QED) is 0.688. The Morgan fingerprint density at radius 3 is 2.50 bits per heavy atom. The molecule has 0 nitrogen and oxygen atoms in total. The summed E-state index contributed by atoms with van der Waals surface area (Å²) in [5.74, 6) is 0.669. The first-order valence-electron chi connectivity index (χ1n) is 5.09. The van der Waals surface area contributed by atoms with Gasteiger partial charge in [0.2, 0.25) is 0 Å². The van der Waals surface area contributed by atoms with Crippen LogP contribution >= 0.6 is 0 Å². The normalized spacial score (nSPS) is 20.9. The van der Waals surface area contributed by atoms with Crippen molar-refractivity contribution in [3.05, 3.63) is 47.6 Å². The van der Waals surface area contributed by atoms with E-state index in [-0.39, 0.29) is 0 Å². The SMILES string of the molecule is CC([C](=[Hf])C1=CC=CC1)C1=CC=CC1. The zero-order valence-corrected chi connectivity index (χ0v) is 12.0. The monoisotopic (exact) mass is 350 g/mol. The summed E-state index contributed by atoms with van der Waals surface area (Å²) >= 11 is 1.19. The molecule has 1 heteroatoms. The topological polar surface area (TPSA) is 0 Å². The zero-order chi connectivity index (χ0) is 9.97. The second-order valence-electron chi connectivity index (χ2n) is 3.83. The van der Waals surface area contributed by atoms with Crippen molar-refractivity contribution in [2.45, 2.75) is 19.8 Å². The average Bonchev–Trinajstić information content (AvgIpc) is 2.87. The Bertz CT molecular complexity index is 367. The van der Waals surface area contributed by atoms with Crippen LogP contribution in [-0.2, 0) is 23.9 Å². The van der Waals surface area contributed by atoms with E-state index >= 15 is 0 Å². The van der Waals surface area contributed by atoms with Crippen LogP contribution in [0, 0.1) is 5.92 Å². The summed E-state index contributed by atoms with van der Waals surface area (Å²) in [6, 6.07) is 0. The van der Waals surface area contributed by atoms with Crippen LogP contribution in [0.2, 0.25) is 0 Å². The Hall–Kier alpha value is -0.300. The van der Waals surface area contributed by atoms with E-state index < -0.39 is 0 Å². The van der Waals surface area contributed by atoms with Gasteiger partial charge in [0.15, 0.2) is 0 Å². The molecular formula is C13H14Hf. The molecule has 2 rings (SSSR count). The van der Waals surface area contributed by atoms with E-state index in [1.165, 1.54) is 23.9 Å². The van der Waals surface area contributed by atoms with Gasteiger partial charge in [0.25, 0.3) is 0 Å². The maximum atomic E-state index is 2.35. The molecule has 0 aliphatic heterocycles. The van der Waals surface area contributed by atoms with Crippen LogP contribution in [0.1, 0.15) is 19.8 Å². The molecule has 1 atom stereocenters. The number of hydrogen-bond donors (Lipinski definition) is 0. The van der Waals surface area contributed by atoms with Crippen LogP contribution < -0.4 is 0 Å². The standard InChI is InChI=1S/C13H14.Hf/c1-11(13-8-4-5-9-13)10-12-6-2-3-7-12;/h2-6,8,11H,7,9H2,1H3;. The fourth-order valence-corrected chi connectivity index (χ4v) is 3.23. The molecule has 0 heterocycles. The molecule has 0 aromatic rings. The average molecular weight is 349 g/mol. The van der Waals surface area contributed by atoms with Gasteiger partial charge in [0, 0.05) is 0 Å². The molecule has 0 amide bonds. The molecule has 2 aliphatic carbocycles. The van der Waals surface area contributed by atoms with E-state index in [1.807, 2.05) is 0 Å². The van der Waals surface area contributed by atoms with Gasteiger partial charge < -0.3 is 0 Å². The molecule has 0 bridgehead atoms. The fourth-order valence-electron chi connectivity index (χ4n) is 1.90. The summed E-state index contributed by atoms with van der Waals surface area (Å²) in [5, 5.41) is 0. The first kappa shape index (κ1) is 10.2. The Kier molecular flexibility index (Phi) is 3.27. The summed E-state index contributed by atoms with van der Waals surface area (Å²) in [6.45, 7) is 2.35. The van der Waals surface area contributed by atoms with Crippen molar-refractivity contribution in [3.8, 4) is 0 Å². The third-order valence-corrected chi connectivity index (χ3v) is 5.62. The molecule has 2 aliphatic rings. The van der Waals surface area contributed by atoms with Gasteiger partial charge in [-0.15, -0.1) is 0 Å². The molecule has 0 saturated carbocycles. The summed E-state index contributed by atoms with van der Waals surface area (Å²) in [7, 11) is 0. The van der Waals surface area contributed by atoms with Gasteiger partial charge in [0.1, 0.15) is 0 Å². The Morgan fingerprint density at radius 2 is 1.93 bits per heavy atom. The second kappa shape index (κ2) is 4.48. The molecule has 0 saturated heterocycles. The Balaban J connectivity index is 2.05. The molecule has 0 N–H and O–H groups in total. The van der Waals surface area contributed by atoms with Crippen LogP contribution in [0.15, 0.2) is 47.6 Å². The van der Waals surface area contributed by atoms with Gasteiger partial charge in [0.05, 0.1) is 0 Å². The summed E-state index contributed by atoms with van der Waals surface area (Å²) < 4.78 is 1.67. The van der Waals surface area contributed by atoms with Crippen molar-refractivity contribution in [2.24, 2.45) is 5.92 Å². The molecule has 0 aromatic heterocycles. The van der Waals surface area contributed by atoms with E-state index in [0.717, 1.165) is 12.8 Å². The summed E-state index contributed by atoms with van der Waals surface area (Å²) in [5.41, 5.74) is 3.15. The summed E-state index contributed by atoms with van der Waals surface area (Å²) in [6.07, 6.45) is 15.7. The molecule has 0 aromatic carbocycles. The summed E-state index contributed by atoms with van der Waals surface area (Å²) in [4.78, 5) is 0. The van der Waals surface area contributed by atoms with E-state index in [1.54, 1.807) is 14.4 Å². The number of allylic oxidation sites excluding steroid dienone is 8. The van der Waals surface area contributed by atoms with Gasteiger partial charge >= 0.3 is 100 Å². The molecule has 1 unspecified atom stereocenters. The van der Waals surface area contributed by atoms with Crippen molar-refractivity contribution < 1.29 is 23.9 Å². The van der Waals surface area contributed by atoms with Crippen molar-refractivity contribution in [1.82, 2.24) is 0 Å². The maximum absolute atomic E-state index is 2.35. The molecule has 70 valence electrons. The minimum absolute atomic E-state index is 0.669. The van der Waals surface area contributed by atoms with Crippen molar-refractivity contribution in [3.63, 3.8) is 0 Å². The molecular weight excluding hydrogens is 335 g/mol. The van der Waals surface area contributed by atoms with Crippen LogP contribution in [0.4, 0.5) is 0 Å². The molecule has 0 fully saturated rings. The fraction of sp³-hybridized carbons (Fsp3) is 0.308. The molecule has 0 radical (unpaired) electrons. The van der Waals surface area contributed by atoms with Crippen LogP contribution in [0.5, 0.6) is 0 Å². The van der Waals surface area contributed by atoms with E-state index in [0.29, 0.717) is 5.92 Å². The van der Waals surface area contributed by atoms with Gasteiger partial charge in [-0.25, -0.2) is 0 Å². The third-order valence-electron chi connectivity index (χ3n) is 2.91. The second-order valence-corrected chi connectivity index (χ2v) is 5.77. The van der Waals surface area contributed by atoms with Gasteiger partial charge in [-0.3, -0.25) is 0 Å². The predicted molar refractivity (Wildman–Crippen MR) is 57.9 cm³/mol. The van der Waals surface area contributed by atoms with E-state index in [4.69, 9.17) is 0 Å². The first-order valence-corrected chi connectivity index (χ1v) is 6.89. The van der Waals surface area contributed by atoms with E-state index in [2.05, 4.69) is 43.4 Å². The van der Waals surface area contributed by atoms with Crippen LogP contribution in [0.25, 0.3) is 0 Å². The van der Waals surface area contributed by atoms with Gasteiger partial charge in [-0.05, 0) is 0 Å². The van der Waals surface area contributed by atoms with Crippen LogP contribution in [0.3, 0.4) is 0 Å². The molecule has 0 spiro atoms. The predicted octanol–water partition coefficient (Wildman–Crippen LogP) is 3.11. The zero-order valence-electron chi connectivity index (χ0n) is 8.46. The Morgan fingerprint density at radius 1 is 1.21 bits per heavy atom. The van der Waals surface area contributed by atoms with E-state index in [9.17, 15) is 0 Å². The molecule has 14 heavy (non-hydrogen) atoms. The van der Waals surface area contributed by atoms with Crippen LogP contribution in [-0.4, -0.2) is 3.26 Å². The Labute approximate surface area is 100 Å². The first-order chi connectivity index (χ1) is 6.79. The third kappa shape index (κ3) is 2.03.